The molecular formula is C12H10Cl2N4OS. The van der Waals surface area contributed by atoms with E-state index in [0.29, 0.717) is 28.6 Å². The van der Waals surface area contributed by atoms with Gasteiger partial charge in [-0.1, -0.05) is 22.9 Å². The molecule has 1 N–H and O–H groups in total. The van der Waals surface area contributed by atoms with E-state index >= 15 is 0 Å². The molecule has 0 saturated heterocycles. The molecular weight excluding hydrogens is 319 g/mol. The standard InChI is InChI=1S/C12H10Cl2N4OS/c1-6(13)10-17-9-2-7(14)3-15-11(9)18(10)4-8-5-20-12(19)16-8/h2-3,5-6H,4H2,1H3,(H,16,19). The SMILES string of the molecule is CC(Cl)c1nc2cc(Cl)cnc2n1Cc1csc(=O)[nH]1. The molecule has 104 valence electrons. The molecule has 20 heavy (non-hydrogen) atoms. The molecule has 0 aliphatic heterocycles. The van der Waals surface area contributed by atoms with Gasteiger partial charge in [-0.2, -0.15) is 0 Å². The Labute approximate surface area is 128 Å². The van der Waals surface area contributed by atoms with Crippen LogP contribution in [0.3, 0.4) is 0 Å². The third-order valence-corrected chi connectivity index (χ3v) is 3.96. The van der Waals surface area contributed by atoms with Crippen molar-refractivity contribution in [2.24, 2.45) is 0 Å². The van der Waals surface area contributed by atoms with E-state index in [-0.39, 0.29) is 10.3 Å². The maximum atomic E-state index is 11.2. The highest BCUT2D eigenvalue weighted by Crippen LogP contribution is 2.25. The van der Waals surface area contributed by atoms with Gasteiger partial charge in [0, 0.05) is 17.3 Å². The van der Waals surface area contributed by atoms with Crippen LogP contribution in [-0.4, -0.2) is 19.5 Å². The van der Waals surface area contributed by atoms with Gasteiger partial charge in [0.2, 0.25) is 0 Å². The van der Waals surface area contributed by atoms with Crippen LogP contribution < -0.4 is 4.87 Å². The first-order chi connectivity index (χ1) is 9.54. The van der Waals surface area contributed by atoms with Crippen LogP contribution in [0.4, 0.5) is 0 Å². The molecule has 3 rings (SSSR count). The summed E-state index contributed by atoms with van der Waals surface area (Å²) in [6, 6.07) is 1.75. The van der Waals surface area contributed by atoms with Crippen molar-refractivity contribution in [2.45, 2.75) is 18.8 Å². The van der Waals surface area contributed by atoms with Gasteiger partial charge >= 0.3 is 4.87 Å². The van der Waals surface area contributed by atoms with Gasteiger partial charge in [-0.25, -0.2) is 9.97 Å². The predicted octanol–water partition coefficient (Wildman–Crippen LogP) is 3.18. The van der Waals surface area contributed by atoms with Gasteiger partial charge in [0.1, 0.15) is 11.3 Å². The molecule has 0 aromatic carbocycles. The van der Waals surface area contributed by atoms with Gasteiger partial charge in [0.05, 0.1) is 16.9 Å². The Morgan fingerprint density at radius 2 is 2.35 bits per heavy atom. The van der Waals surface area contributed by atoms with Crippen molar-refractivity contribution in [1.29, 1.82) is 0 Å². The summed E-state index contributed by atoms with van der Waals surface area (Å²) in [7, 11) is 0. The highest BCUT2D eigenvalue weighted by molar-refractivity contribution is 7.07. The number of H-pyrrole nitrogens is 1. The van der Waals surface area contributed by atoms with E-state index in [1.165, 1.54) is 0 Å². The summed E-state index contributed by atoms with van der Waals surface area (Å²) in [5.74, 6) is 0.698. The second-order valence-corrected chi connectivity index (χ2v) is 6.28. The fraction of sp³-hybridized carbons (Fsp3) is 0.250. The molecule has 3 aromatic heterocycles. The van der Waals surface area contributed by atoms with Crippen molar-refractivity contribution in [3.63, 3.8) is 0 Å². The van der Waals surface area contributed by atoms with Crippen molar-refractivity contribution in [2.75, 3.05) is 0 Å². The number of nitrogens with one attached hydrogen (secondary N) is 1. The lowest BCUT2D eigenvalue weighted by Crippen LogP contribution is -2.08. The monoisotopic (exact) mass is 328 g/mol. The Kier molecular flexibility index (Phi) is 3.54. The van der Waals surface area contributed by atoms with Gasteiger partial charge in [0.25, 0.3) is 0 Å². The third-order valence-electron chi connectivity index (χ3n) is 2.84. The number of fused-ring (bicyclic) bond motifs is 1. The summed E-state index contributed by atoms with van der Waals surface area (Å²) >= 11 is 13.2. The molecule has 1 unspecified atom stereocenters. The molecule has 0 amide bonds. The molecule has 0 spiro atoms. The predicted molar refractivity (Wildman–Crippen MR) is 80.8 cm³/mol. The fourth-order valence-electron chi connectivity index (χ4n) is 2.03. The van der Waals surface area contributed by atoms with E-state index in [1.807, 2.05) is 11.5 Å². The van der Waals surface area contributed by atoms with Crippen molar-refractivity contribution < 1.29 is 0 Å². The van der Waals surface area contributed by atoms with E-state index < -0.39 is 0 Å². The quantitative estimate of drug-likeness (QED) is 0.751. The molecule has 5 nitrogen and oxygen atoms in total. The first-order valence-corrected chi connectivity index (χ1v) is 7.56. The second kappa shape index (κ2) is 5.20. The van der Waals surface area contributed by atoms with E-state index in [4.69, 9.17) is 23.2 Å². The lowest BCUT2D eigenvalue weighted by atomic mass is 10.4. The van der Waals surface area contributed by atoms with E-state index in [9.17, 15) is 4.79 Å². The van der Waals surface area contributed by atoms with Gasteiger partial charge in [-0.05, 0) is 13.0 Å². The second-order valence-electron chi connectivity index (χ2n) is 4.34. The number of hydrogen-bond donors (Lipinski definition) is 1. The first kappa shape index (κ1) is 13.6. The number of hydrogen-bond acceptors (Lipinski definition) is 4. The molecule has 3 aromatic rings. The smallest absolute Gasteiger partial charge is 0.304 e. The summed E-state index contributed by atoms with van der Waals surface area (Å²) in [6.07, 6.45) is 1.57. The number of alkyl halides is 1. The molecule has 0 bridgehead atoms. The zero-order chi connectivity index (χ0) is 14.3. The normalized spacial score (nSPS) is 12.9. The summed E-state index contributed by atoms with van der Waals surface area (Å²) in [5.41, 5.74) is 2.19. The van der Waals surface area contributed by atoms with Crippen LogP contribution in [0.25, 0.3) is 11.2 Å². The summed E-state index contributed by atoms with van der Waals surface area (Å²) < 4.78 is 1.89. The maximum Gasteiger partial charge on any atom is 0.304 e. The number of pyridine rings is 1. The average molecular weight is 329 g/mol. The van der Waals surface area contributed by atoms with Gasteiger partial charge < -0.3 is 9.55 Å². The van der Waals surface area contributed by atoms with Crippen LogP contribution in [0.5, 0.6) is 0 Å². The third kappa shape index (κ3) is 2.46. The minimum atomic E-state index is -0.270. The highest BCUT2D eigenvalue weighted by Gasteiger charge is 2.17. The molecule has 0 aliphatic rings. The van der Waals surface area contributed by atoms with Crippen molar-refractivity contribution in [3.05, 3.63) is 43.9 Å². The van der Waals surface area contributed by atoms with E-state index in [1.54, 1.807) is 17.6 Å². The maximum absolute atomic E-state index is 11.2. The van der Waals surface area contributed by atoms with Crippen LogP contribution in [0.15, 0.2) is 22.4 Å². The largest absolute Gasteiger partial charge is 0.315 e. The van der Waals surface area contributed by atoms with Gasteiger partial charge in [-0.15, -0.1) is 11.6 Å². The molecule has 8 heteroatoms. The minimum Gasteiger partial charge on any atom is -0.315 e. The molecule has 0 saturated carbocycles. The van der Waals surface area contributed by atoms with E-state index in [0.717, 1.165) is 17.0 Å². The lowest BCUT2D eigenvalue weighted by Gasteiger charge is -2.08. The fourth-order valence-corrected chi connectivity index (χ4v) is 2.92. The molecule has 1 atom stereocenters. The van der Waals surface area contributed by atoms with Crippen molar-refractivity contribution >= 4 is 45.7 Å². The number of thiazole rings is 1. The van der Waals surface area contributed by atoms with E-state index in [2.05, 4.69) is 15.0 Å². The first-order valence-electron chi connectivity index (χ1n) is 5.87. The van der Waals surface area contributed by atoms with Crippen LogP contribution in [0, 0.1) is 0 Å². The number of halogens is 2. The molecule has 3 heterocycles. The summed E-state index contributed by atoms with van der Waals surface area (Å²) in [4.78, 5) is 22.7. The van der Waals surface area contributed by atoms with Crippen molar-refractivity contribution in [1.82, 2.24) is 19.5 Å². The number of nitrogens with zero attached hydrogens (tertiary/aromatic N) is 3. The van der Waals surface area contributed by atoms with Gasteiger partial charge in [0.15, 0.2) is 5.65 Å². The highest BCUT2D eigenvalue weighted by atomic mass is 35.5. The van der Waals surface area contributed by atoms with Crippen LogP contribution in [-0.2, 0) is 6.54 Å². The molecule has 0 fully saturated rings. The Balaban J connectivity index is 2.15. The molecule has 0 radical (unpaired) electrons. The Hall–Kier alpha value is -1.37. The number of imidazole rings is 1. The minimum absolute atomic E-state index is 0.0825. The zero-order valence-electron chi connectivity index (χ0n) is 10.4. The molecule has 0 aliphatic carbocycles. The van der Waals surface area contributed by atoms with Crippen LogP contribution in [0.2, 0.25) is 5.02 Å². The number of aromatic amines is 1. The van der Waals surface area contributed by atoms with Crippen LogP contribution >= 0.6 is 34.5 Å². The topological polar surface area (TPSA) is 63.6 Å². The Morgan fingerprint density at radius 3 is 3.00 bits per heavy atom. The van der Waals surface area contributed by atoms with Crippen molar-refractivity contribution in [3.8, 4) is 0 Å². The number of aromatic nitrogens is 4. The summed E-state index contributed by atoms with van der Waals surface area (Å²) in [6.45, 7) is 2.31. The lowest BCUT2D eigenvalue weighted by molar-refractivity contribution is 0.723. The Morgan fingerprint density at radius 1 is 1.55 bits per heavy atom. The van der Waals surface area contributed by atoms with Gasteiger partial charge in [-0.3, -0.25) is 4.79 Å². The number of rotatable bonds is 3. The Bertz CT molecular complexity index is 820. The average Bonchev–Trinajstić information content (AvgIpc) is 2.94. The van der Waals surface area contributed by atoms with Crippen LogP contribution in [0.1, 0.15) is 23.8 Å². The summed E-state index contributed by atoms with van der Waals surface area (Å²) in [5, 5.41) is 2.04. The zero-order valence-corrected chi connectivity index (χ0v) is 12.8.